The standard InChI is InChI=1S/C24H36FN5O3/c1-5-8-9-20-23(32)28(19(6-2)7-3)15-21-29(20)22(31)16-27(4)30(21)24(33)26-14-17-10-12-18(25)13-11-17/h10-13,19-21H,5-9,14-16H2,1-4H3,(H,26,33)/t20-,21-/m0/s1. The summed E-state index contributed by atoms with van der Waals surface area (Å²) in [6, 6.07) is 5.12. The molecule has 1 N–H and O–H groups in total. The zero-order valence-electron chi connectivity index (χ0n) is 20.1. The number of amides is 4. The lowest BCUT2D eigenvalue weighted by molar-refractivity contribution is -0.189. The third-order valence-corrected chi connectivity index (χ3v) is 6.67. The van der Waals surface area contributed by atoms with Gasteiger partial charge in [-0.05, 0) is 37.0 Å². The predicted octanol–water partition coefficient (Wildman–Crippen LogP) is 2.94. The van der Waals surface area contributed by atoms with Crippen molar-refractivity contribution in [1.82, 2.24) is 25.1 Å². The Balaban J connectivity index is 1.87. The molecule has 1 aromatic carbocycles. The van der Waals surface area contributed by atoms with Crippen LogP contribution in [0.15, 0.2) is 24.3 Å². The van der Waals surface area contributed by atoms with Crippen LogP contribution >= 0.6 is 0 Å². The van der Waals surface area contributed by atoms with Gasteiger partial charge in [0.1, 0.15) is 18.0 Å². The Bertz CT molecular complexity index is 845. The van der Waals surface area contributed by atoms with Crippen LogP contribution in [0.4, 0.5) is 9.18 Å². The minimum Gasteiger partial charge on any atom is -0.334 e. The number of hydrogen-bond donors (Lipinski definition) is 1. The van der Waals surface area contributed by atoms with Crippen molar-refractivity contribution < 1.29 is 18.8 Å². The van der Waals surface area contributed by atoms with Gasteiger partial charge >= 0.3 is 6.03 Å². The van der Waals surface area contributed by atoms with Gasteiger partial charge in [0, 0.05) is 19.6 Å². The van der Waals surface area contributed by atoms with Crippen LogP contribution < -0.4 is 5.32 Å². The number of nitrogens with one attached hydrogen (secondary N) is 1. The Morgan fingerprint density at radius 1 is 1.15 bits per heavy atom. The van der Waals surface area contributed by atoms with Gasteiger partial charge < -0.3 is 15.1 Å². The van der Waals surface area contributed by atoms with Gasteiger partial charge in [-0.15, -0.1) is 0 Å². The predicted molar refractivity (Wildman–Crippen MR) is 123 cm³/mol. The van der Waals surface area contributed by atoms with Gasteiger partial charge in [0.05, 0.1) is 13.1 Å². The molecule has 0 spiro atoms. The average Bonchev–Trinajstić information content (AvgIpc) is 2.79. The van der Waals surface area contributed by atoms with Crippen molar-refractivity contribution in [2.45, 2.75) is 77.7 Å². The van der Waals surface area contributed by atoms with Crippen molar-refractivity contribution in [1.29, 1.82) is 0 Å². The summed E-state index contributed by atoms with van der Waals surface area (Å²) >= 11 is 0. The van der Waals surface area contributed by atoms with E-state index in [9.17, 15) is 18.8 Å². The van der Waals surface area contributed by atoms with Crippen molar-refractivity contribution in [3.05, 3.63) is 35.6 Å². The molecule has 182 valence electrons. The molecule has 2 fully saturated rings. The highest BCUT2D eigenvalue weighted by Crippen LogP contribution is 2.30. The summed E-state index contributed by atoms with van der Waals surface area (Å²) in [5.74, 6) is -0.483. The van der Waals surface area contributed by atoms with E-state index in [1.165, 1.54) is 12.1 Å². The summed E-state index contributed by atoms with van der Waals surface area (Å²) in [6.07, 6.45) is 3.40. The monoisotopic (exact) mass is 461 g/mol. The number of rotatable bonds is 8. The first-order valence-corrected chi connectivity index (χ1v) is 12.0. The van der Waals surface area contributed by atoms with Gasteiger partial charge in [-0.2, -0.15) is 0 Å². The lowest BCUT2D eigenvalue weighted by Gasteiger charge is -2.55. The van der Waals surface area contributed by atoms with E-state index < -0.39 is 12.2 Å². The van der Waals surface area contributed by atoms with Crippen molar-refractivity contribution in [2.24, 2.45) is 0 Å². The van der Waals surface area contributed by atoms with Crippen LogP contribution in [0.25, 0.3) is 0 Å². The Morgan fingerprint density at radius 2 is 1.82 bits per heavy atom. The highest BCUT2D eigenvalue weighted by Gasteiger charge is 2.51. The van der Waals surface area contributed by atoms with Crippen molar-refractivity contribution in [3.63, 3.8) is 0 Å². The molecule has 1 aromatic rings. The van der Waals surface area contributed by atoms with Crippen LogP contribution in [0.3, 0.4) is 0 Å². The number of likely N-dealkylation sites (N-methyl/N-ethyl adjacent to an activating group) is 1. The zero-order chi connectivity index (χ0) is 24.1. The maximum absolute atomic E-state index is 13.5. The zero-order valence-corrected chi connectivity index (χ0v) is 20.1. The highest BCUT2D eigenvalue weighted by molar-refractivity contribution is 5.91. The molecular formula is C24H36FN5O3. The Kier molecular flexibility index (Phi) is 8.29. The van der Waals surface area contributed by atoms with Gasteiger partial charge in [0.2, 0.25) is 11.8 Å². The minimum atomic E-state index is -0.565. The number of piperazine rings is 1. The number of carbonyl (C=O) groups is 3. The number of fused-ring (bicyclic) bond motifs is 1. The fourth-order valence-corrected chi connectivity index (χ4v) is 4.86. The molecule has 2 heterocycles. The summed E-state index contributed by atoms with van der Waals surface area (Å²) in [6.45, 7) is 6.72. The molecule has 4 amide bonds. The molecule has 2 atom stereocenters. The fourth-order valence-electron chi connectivity index (χ4n) is 4.86. The molecule has 3 rings (SSSR count). The molecule has 0 aliphatic carbocycles. The summed E-state index contributed by atoms with van der Waals surface area (Å²) in [7, 11) is 1.71. The molecule has 9 heteroatoms. The molecule has 0 saturated carbocycles. The third-order valence-electron chi connectivity index (χ3n) is 6.67. The lowest BCUT2D eigenvalue weighted by atomic mass is 9.98. The molecular weight excluding hydrogens is 425 g/mol. The lowest BCUT2D eigenvalue weighted by Crippen LogP contribution is -2.76. The third kappa shape index (κ3) is 5.29. The van der Waals surface area contributed by atoms with Crippen molar-refractivity contribution in [3.8, 4) is 0 Å². The number of benzene rings is 1. The maximum atomic E-state index is 13.5. The molecule has 0 bridgehead atoms. The van der Waals surface area contributed by atoms with Gasteiger partial charge in [-0.1, -0.05) is 45.7 Å². The van der Waals surface area contributed by atoms with E-state index in [-0.39, 0.29) is 49.3 Å². The number of carbonyl (C=O) groups excluding carboxylic acids is 3. The number of nitrogens with zero attached hydrogens (tertiary/aromatic N) is 4. The van der Waals surface area contributed by atoms with Crippen LogP contribution in [-0.4, -0.2) is 76.0 Å². The molecule has 33 heavy (non-hydrogen) atoms. The number of hydrogen-bond acceptors (Lipinski definition) is 4. The van der Waals surface area contributed by atoms with E-state index in [2.05, 4.69) is 26.1 Å². The SMILES string of the molecule is CCCC[C@H]1C(=O)N(C(CC)CC)C[C@H]2N1C(=O)CN(C)N2C(=O)NCc1ccc(F)cc1. The molecule has 0 radical (unpaired) electrons. The van der Waals surface area contributed by atoms with Gasteiger partial charge in [-0.25, -0.2) is 19.2 Å². The maximum Gasteiger partial charge on any atom is 0.334 e. The summed E-state index contributed by atoms with van der Waals surface area (Å²) in [4.78, 5) is 43.3. The average molecular weight is 462 g/mol. The Hall–Kier alpha value is -2.68. The van der Waals surface area contributed by atoms with Crippen LogP contribution in [0.2, 0.25) is 0 Å². The normalized spacial score (nSPS) is 21.6. The first-order valence-electron chi connectivity index (χ1n) is 12.0. The molecule has 2 saturated heterocycles. The van der Waals surface area contributed by atoms with E-state index >= 15 is 0 Å². The Morgan fingerprint density at radius 3 is 2.42 bits per heavy atom. The first-order chi connectivity index (χ1) is 15.8. The Labute approximate surface area is 195 Å². The summed E-state index contributed by atoms with van der Waals surface area (Å²) in [5, 5.41) is 6.08. The number of halogens is 1. The fraction of sp³-hybridized carbons (Fsp3) is 0.625. The van der Waals surface area contributed by atoms with Crippen LogP contribution in [0, 0.1) is 5.82 Å². The second-order valence-electron chi connectivity index (χ2n) is 8.85. The molecule has 0 unspecified atom stereocenters. The molecule has 2 aliphatic rings. The van der Waals surface area contributed by atoms with Gasteiger partial charge in [0.25, 0.3) is 0 Å². The highest BCUT2D eigenvalue weighted by atomic mass is 19.1. The van der Waals surface area contributed by atoms with Crippen LogP contribution in [0.1, 0.15) is 58.4 Å². The number of unbranched alkanes of at least 4 members (excludes halogenated alkanes) is 1. The largest absolute Gasteiger partial charge is 0.334 e. The minimum absolute atomic E-state index is 0.0158. The summed E-state index contributed by atoms with van der Waals surface area (Å²) in [5.41, 5.74) is 0.774. The van der Waals surface area contributed by atoms with Crippen molar-refractivity contribution in [2.75, 3.05) is 20.1 Å². The molecule has 2 aliphatic heterocycles. The smallest absolute Gasteiger partial charge is 0.334 e. The van der Waals surface area contributed by atoms with Crippen LogP contribution in [-0.2, 0) is 16.1 Å². The van der Waals surface area contributed by atoms with Crippen molar-refractivity contribution >= 4 is 17.8 Å². The van der Waals surface area contributed by atoms with E-state index in [0.29, 0.717) is 6.42 Å². The first kappa shape index (κ1) is 25.0. The summed E-state index contributed by atoms with van der Waals surface area (Å²) < 4.78 is 13.2. The topological polar surface area (TPSA) is 76.2 Å². The van der Waals surface area contributed by atoms with E-state index in [1.807, 2.05) is 4.90 Å². The second-order valence-corrected chi connectivity index (χ2v) is 8.85. The number of hydrazine groups is 1. The van der Waals surface area contributed by atoms with Gasteiger partial charge in [-0.3, -0.25) is 9.59 Å². The van der Waals surface area contributed by atoms with E-state index in [1.54, 1.807) is 34.1 Å². The van der Waals surface area contributed by atoms with Gasteiger partial charge in [0.15, 0.2) is 0 Å². The van der Waals surface area contributed by atoms with Crippen LogP contribution in [0.5, 0.6) is 0 Å². The number of urea groups is 1. The molecule has 0 aromatic heterocycles. The van der Waals surface area contributed by atoms with E-state index in [0.717, 1.165) is 31.2 Å². The quantitative estimate of drug-likeness (QED) is 0.646. The second kappa shape index (κ2) is 11.0. The molecule has 8 nitrogen and oxygen atoms in total. The van der Waals surface area contributed by atoms with E-state index in [4.69, 9.17) is 0 Å².